The molecular weight excluding hydrogens is 254 g/mol. The van der Waals surface area contributed by atoms with Crippen LogP contribution in [0.3, 0.4) is 0 Å². The monoisotopic (exact) mass is 273 g/mol. The molecule has 3 N–H and O–H groups in total. The summed E-state index contributed by atoms with van der Waals surface area (Å²) in [6.45, 7) is 4.28. The van der Waals surface area contributed by atoms with E-state index in [1.54, 1.807) is 12.3 Å². The average molecular weight is 273 g/mol. The minimum atomic E-state index is -0.604. The quantitative estimate of drug-likeness (QED) is 0.774. The highest BCUT2D eigenvalue weighted by Crippen LogP contribution is 2.32. The summed E-state index contributed by atoms with van der Waals surface area (Å²) >= 11 is 0. The van der Waals surface area contributed by atoms with E-state index in [0.717, 1.165) is 23.8 Å². The Morgan fingerprint density at radius 2 is 2.20 bits per heavy atom. The van der Waals surface area contributed by atoms with Gasteiger partial charge in [-0.3, -0.25) is 4.79 Å². The first-order chi connectivity index (χ1) is 9.46. The standard InChI is InChI=1S/C15H19N3O2/c1-15(2)7-5-11(18-15)13(20)9-6-8-16-14-10(9)3-4-12(19)17-14/h3-4,6,8,11,13,18,20H,5,7H2,1-2H3,(H,16,17,19)/t11-,13+/m0/s1. The number of pyridine rings is 2. The number of aromatic amines is 1. The van der Waals surface area contributed by atoms with Gasteiger partial charge in [0.15, 0.2) is 0 Å². The maximum Gasteiger partial charge on any atom is 0.249 e. The number of aliphatic hydroxyl groups is 1. The summed E-state index contributed by atoms with van der Waals surface area (Å²) in [5.74, 6) is 0. The molecule has 1 saturated heterocycles. The Morgan fingerprint density at radius 1 is 1.40 bits per heavy atom. The normalized spacial score (nSPS) is 23.1. The van der Waals surface area contributed by atoms with Crippen LogP contribution in [0.25, 0.3) is 11.0 Å². The van der Waals surface area contributed by atoms with Crippen molar-refractivity contribution in [2.45, 2.75) is 44.4 Å². The fourth-order valence-corrected chi connectivity index (χ4v) is 2.95. The number of hydrogen-bond donors (Lipinski definition) is 3. The lowest BCUT2D eigenvalue weighted by atomic mass is 9.98. The summed E-state index contributed by atoms with van der Waals surface area (Å²) in [4.78, 5) is 18.2. The first-order valence-corrected chi connectivity index (χ1v) is 6.90. The van der Waals surface area contributed by atoms with Gasteiger partial charge in [-0.05, 0) is 44.4 Å². The summed E-state index contributed by atoms with van der Waals surface area (Å²) in [5.41, 5.74) is 1.20. The van der Waals surface area contributed by atoms with Crippen molar-refractivity contribution in [2.75, 3.05) is 0 Å². The molecule has 0 amide bonds. The maximum atomic E-state index is 11.3. The number of fused-ring (bicyclic) bond motifs is 1. The first kappa shape index (κ1) is 13.3. The number of hydrogen-bond acceptors (Lipinski definition) is 4. The SMILES string of the molecule is CC1(C)CC[C@@H]([C@H](O)c2ccnc3[nH]c(=O)ccc23)N1. The predicted octanol–water partition coefficient (Wildman–Crippen LogP) is 1.49. The van der Waals surface area contributed by atoms with Crippen LogP contribution in [0.15, 0.2) is 29.2 Å². The lowest BCUT2D eigenvalue weighted by Crippen LogP contribution is -2.40. The molecule has 3 rings (SSSR count). The maximum absolute atomic E-state index is 11.3. The molecule has 5 nitrogen and oxygen atoms in total. The zero-order valence-electron chi connectivity index (χ0n) is 11.7. The molecule has 0 radical (unpaired) electrons. The Balaban J connectivity index is 2.00. The highest BCUT2D eigenvalue weighted by atomic mass is 16.3. The van der Waals surface area contributed by atoms with Crippen LogP contribution in [-0.4, -0.2) is 26.7 Å². The van der Waals surface area contributed by atoms with E-state index in [0.29, 0.717) is 5.65 Å². The first-order valence-electron chi connectivity index (χ1n) is 6.90. The summed E-state index contributed by atoms with van der Waals surface area (Å²) in [6.07, 6.45) is 2.99. The van der Waals surface area contributed by atoms with Gasteiger partial charge in [0.05, 0.1) is 6.10 Å². The lowest BCUT2D eigenvalue weighted by molar-refractivity contribution is 0.133. The molecule has 5 heteroatoms. The molecule has 1 fully saturated rings. The van der Waals surface area contributed by atoms with Crippen LogP contribution >= 0.6 is 0 Å². The van der Waals surface area contributed by atoms with Gasteiger partial charge in [-0.1, -0.05) is 0 Å². The van der Waals surface area contributed by atoms with Crippen LogP contribution in [0, 0.1) is 0 Å². The molecule has 0 saturated carbocycles. The Kier molecular flexibility index (Phi) is 3.11. The number of rotatable bonds is 2. The fourth-order valence-electron chi connectivity index (χ4n) is 2.95. The molecule has 0 aromatic carbocycles. The summed E-state index contributed by atoms with van der Waals surface area (Å²) in [5, 5.41) is 14.9. The van der Waals surface area contributed by atoms with Crippen molar-refractivity contribution in [1.82, 2.24) is 15.3 Å². The molecule has 0 spiro atoms. The molecule has 0 aliphatic carbocycles. The van der Waals surface area contributed by atoms with Crippen molar-refractivity contribution in [3.63, 3.8) is 0 Å². The average Bonchev–Trinajstić information content (AvgIpc) is 2.77. The second-order valence-corrected chi connectivity index (χ2v) is 6.10. The van der Waals surface area contributed by atoms with Crippen LogP contribution in [0.2, 0.25) is 0 Å². The van der Waals surface area contributed by atoms with Crippen LogP contribution < -0.4 is 10.9 Å². The Hall–Kier alpha value is -1.72. The van der Waals surface area contributed by atoms with Crippen molar-refractivity contribution < 1.29 is 5.11 Å². The Labute approximate surface area is 117 Å². The van der Waals surface area contributed by atoms with Gasteiger partial charge in [-0.25, -0.2) is 4.98 Å². The van der Waals surface area contributed by atoms with Crippen LogP contribution in [0.1, 0.15) is 38.4 Å². The van der Waals surface area contributed by atoms with Crippen LogP contribution in [-0.2, 0) is 0 Å². The number of nitrogens with zero attached hydrogens (tertiary/aromatic N) is 1. The highest BCUT2D eigenvalue weighted by Gasteiger charge is 2.35. The summed E-state index contributed by atoms with van der Waals surface area (Å²) in [7, 11) is 0. The number of aliphatic hydroxyl groups excluding tert-OH is 1. The molecule has 1 aliphatic heterocycles. The molecule has 2 aromatic heterocycles. The van der Waals surface area contributed by atoms with E-state index in [-0.39, 0.29) is 17.1 Å². The van der Waals surface area contributed by atoms with E-state index < -0.39 is 6.10 Å². The Morgan fingerprint density at radius 3 is 2.90 bits per heavy atom. The molecule has 0 bridgehead atoms. The van der Waals surface area contributed by atoms with E-state index >= 15 is 0 Å². The van der Waals surface area contributed by atoms with Crippen molar-refractivity contribution in [1.29, 1.82) is 0 Å². The van der Waals surface area contributed by atoms with E-state index in [1.807, 2.05) is 6.07 Å². The van der Waals surface area contributed by atoms with Gasteiger partial charge in [0, 0.05) is 29.2 Å². The largest absolute Gasteiger partial charge is 0.387 e. The fraction of sp³-hybridized carbons (Fsp3) is 0.467. The molecule has 1 aliphatic rings. The zero-order chi connectivity index (χ0) is 14.3. The molecular formula is C15H19N3O2. The van der Waals surface area contributed by atoms with E-state index in [2.05, 4.69) is 29.1 Å². The third-order valence-corrected chi connectivity index (χ3v) is 4.02. The van der Waals surface area contributed by atoms with Gasteiger partial charge in [0.25, 0.3) is 0 Å². The van der Waals surface area contributed by atoms with E-state index in [4.69, 9.17) is 0 Å². The number of H-pyrrole nitrogens is 1. The molecule has 2 atom stereocenters. The minimum Gasteiger partial charge on any atom is -0.387 e. The van der Waals surface area contributed by atoms with E-state index in [9.17, 15) is 9.90 Å². The van der Waals surface area contributed by atoms with Gasteiger partial charge in [0.1, 0.15) is 5.65 Å². The molecule has 20 heavy (non-hydrogen) atoms. The molecule has 2 aromatic rings. The predicted molar refractivity (Wildman–Crippen MR) is 77.6 cm³/mol. The van der Waals surface area contributed by atoms with E-state index in [1.165, 1.54) is 6.07 Å². The molecule has 106 valence electrons. The van der Waals surface area contributed by atoms with Gasteiger partial charge >= 0.3 is 0 Å². The lowest BCUT2D eigenvalue weighted by Gasteiger charge is -2.24. The minimum absolute atomic E-state index is 0.0301. The van der Waals surface area contributed by atoms with Gasteiger partial charge in [0.2, 0.25) is 5.56 Å². The van der Waals surface area contributed by atoms with Gasteiger partial charge in [-0.15, -0.1) is 0 Å². The van der Waals surface area contributed by atoms with Crippen molar-refractivity contribution in [3.8, 4) is 0 Å². The van der Waals surface area contributed by atoms with Crippen LogP contribution in [0.4, 0.5) is 0 Å². The number of aromatic nitrogens is 2. The van der Waals surface area contributed by atoms with Crippen molar-refractivity contribution >= 4 is 11.0 Å². The van der Waals surface area contributed by atoms with Crippen molar-refractivity contribution in [3.05, 3.63) is 40.3 Å². The van der Waals surface area contributed by atoms with Gasteiger partial charge < -0.3 is 15.4 Å². The topological polar surface area (TPSA) is 78.0 Å². The van der Waals surface area contributed by atoms with Crippen molar-refractivity contribution in [2.24, 2.45) is 0 Å². The smallest absolute Gasteiger partial charge is 0.249 e. The van der Waals surface area contributed by atoms with Crippen LogP contribution in [0.5, 0.6) is 0 Å². The van der Waals surface area contributed by atoms with Gasteiger partial charge in [-0.2, -0.15) is 0 Å². The Bertz CT molecular complexity index is 693. The third-order valence-electron chi connectivity index (χ3n) is 4.02. The molecule has 3 heterocycles. The summed E-state index contributed by atoms with van der Waals surface area (Å²) in [6, 6.07) is 5.03. The second kappa shape index (κ2) is 4.68. The zero-order valence-corrected chi connectivity index (χ0v) is 11.7. The summed E-state index contributed by atoms with van der Waals surface area (Å²) < 4.78 is 0. The second-order valence-electron chi connectivity index (χ2n) is 6.10. The third kappa shape index (κ3) is 2.34. The molecule has 0 unspecified atom stereocenters. The highest BCUT2D eigenvalue weighted by molar-refractivity contribution is 5.78. The number of nitrogens with one attached hydrogen (secondary N) is 2.